The third-order valence-electron chi connectivity index (χ3n) is 2.50. The molecule has 0 spiro atoms. The second kappa shape index (κ2) is 5.77. The van der Waals surface area contributed by atoms with E-state index in [9.17, 15) is 0 Å². The molecule has 0 radical (unpaired) electrons. The number of hydrogen-bond donors (Lipinski definition) is 0. The van der Waals surface area contributed by atoms with Gasteiger partial charge < -0.3 is 0 Å². The van der Waals surface area contributed by atoms with Gasteiger partial charge >= 0.3 is 0 Å². The van der Waals surface area contributed by atoms with Gasteiger partial charge in [0, 0.05) is 22.9 Å². The number of aryl methyl sites for hydroxylation is 2. The number of halogens is 1. The fourth-order valence-corrected chi connectivity index (χ4v) is 3.02. The molecule has 2 heterocycles. The van der Waals surface area contributed by atoms with E-state index in [1.54, 1.807) is 0 Å². The first-order valence-corrected chi connectivity index (χ1v) is 7.90. The molecule has 20 heavy (non-hydrogen) atoms. The lowest BCUT2D eigenvalue weighted by molar-refractivity contribution is 0.536. The summed E-state index contributed by atoms with van der Waals surface area (Å²) in [6, 6.07) is 3.85. The zero-order valence-electron chi connectivity index (χ0n) is 12.2. The van der Waals surface area contributed by atoms with Crippen molar-refractivity contribution in [2.24, 2.45) is 0 Å². The van der Waals surface area contributed by atoms with Crippen molar-refractivity contribution in [3.63, 3.8) is 0 Å². The summed E-state index contributed by atoms with van der Waals surface area (Å²) in [4.78, 5) is 17.9. The van der Waals surface area contributed by atoms with Crippen LogP contribution in [0.25, 0.3) is 0 Å². The van der Waals surface area contributed by atoms with Gasteiger partial charge in [-0.1, -0.05) is 20.8 Å². The minimum Gasteiger partial charge on any atom is -0.228 e. The highest BCUT2D eigenvalue weighted by Gasteiger charge is 2.19. The van der Waals surface area contributed by atoms with Crippen LogP contribution in [0.15, 0.2) is 26.9 Å². The summed E-state index contributed by atoms with van der Waals surface area (Å²) in [6.45, 7) is 10.2. The van der Waals surface area contributed by atoms with Crippen molar-refractivity contribution < 1.29 is 0 Å². The molecule has 0 aromatic carbocycles. The van der Waals surface area contributed by atoms with Gasteiger partial charge in [0.2, 0.25) is 0 Å². The summed E-state index contributed by atoms with van der Waals surface area (Å²) in [5, 5.41) is 1.56. The number of nitrogens with zero attached hydrogens (tertiary/aromatic N) is 4. The van der Waals surface area contributed by atoms with Crippen LogP contribution in [0, 0.1) is 13.8 Å². The second-order valence-corrected chi connectivity index (χ2v) is 7.44. The van der Waals surface area contributed by atoms with Crippen LogP contribution in [0.5, 0.6) is 0 Å². The fraction of sp³-hybridized carbons (Fsp3) is 0.429. The van der Waals surface area contributed by atoms with Crippen LogP contribution in [0.2, 0.25) is 0 Å². The van der Waals surface area contributed by atoms with Gasteiger partial charge in [0.1, 0.15) is 15.5 Å². The SMILES string of the molecule is Cc1cc(C)nc(Sc2cc(Br)nc(C(C)(C)C)n2)n1. The molecule has 0 aliphatic rings. The van der Waals surface area contributed by atoms with Gasteiger partial charge in [-0.3, -0.25) is 0 Å². The smallest absolute Gasteiger partial charge is 0.194 e. The lowest BCUT2D eigenvalue weighted by atomic mass is 9.96. The van der Waals surface area contributed by atoms with Crippen molar-refractivity contribution >= 4 is 27.7 Å². The summed E-state index contributed by atoms with van der Waals surface area (Å²) >= 11 is 4.90. The predicted octanol–water partition coefficient (Wildman–Crippen LogP) is 4.09. The number of hydrogen-bond acceptors (Lipinski definition) is 5. The van der Waals surface area contributed by atoms with Gasteiger partial charge in [0.15, 0.2) is 5.16 Å². The maximum atomic E-state index is 4.60. The molecule has 0 N–H and O–H groups in total. The Labute approximate surface area is 132 Å². The topological polar surface area (TPSA) is 51.6 Å². The van der Waals surface area contributed by atoms with Crippen molar-refractivity contribution in [1.82, 2.24) is 19.9 Å². The first-order valence-electron chi connectivity index (χ1n) is 6.29. The number of rotatable bonds is 2. The van der Waals surface area contributed by atoms with Crippen LogP contribution >= 0.6 is 27.7 Å². The van der Waals surface area contributed by atoms with Crippen LogP contribution in [0.4, 0.5) is 0 Å². The Bertz CT molecular complexity index is 617. The Morgan fingerprint density at radius 3 is 2.10 bits per heavy atom. The van der Waals surface area contributed by atoms with E-state index in [1.165, 1.54) is 11.8 Å². The second-order valence-electron chi connectivity index (χ2n) is 5.64. The van der Waals surface area contributed by atoms with Crippen LogP contribution in [-0.4, -0.2) is 19.9 Å². The molecule has 0 fully saturated rings. The summed E-state index contributed by atoms with van der Waals surface area (Å²) in [5.74, 6) is 0.804. The quantitative estimate of drug-likeness (QED) is 0.601. The van der Waals surface area contributed by atoms with E-state index in [0.717, 1.165) is 26.8 Å². The van der Waals surface area contributed by atoms with Crippen molar-refractivity contribution in [2.75, 3.05) is 0 Å². The molecule has 6 heteroatoms. The molecule has 2 aromatic rings. The minimum atomic E-state index is -0.0948. The highest BCUT2D eigenvalue weighted by atomic mass is 79.9. The third-order valence-corrected chi connectivity index (χ3v) is 3.69. The largest absolute Gasteiger partial charge is 0.228 e. The van der Waals surface area contributed by atoms with Crippen molar-refractivity contribution in [3.8, 4) is 0 Å². The highest BCUT2D eigenvalue weighted by Crippen LogP contribution is 2.28. The fourth-order valence-electron chi connectivity index (χ4n) is 1.62. The Kier molecular flexibility index (Phi) is 4.44. The summed E-state index contributed by atoms with van der Waals surface area (Å²) in [6.07, 6.45) is 0. The number of aromatic nitrogens is 4. The van der Waals surface area contributed by atoms with E-state index < -0.39 is 0 Å². The van der Waals surface area contributed by atoms with Crippen LogP contribution in [0.3, 0.4) is 0 Å². The molecule has 0 saturated heterocycles. The van der Waals surface area contributed by atoms with Crippen molar-refractivity contribution in [2.45, 2.75) is 50.2 Å². The average molecular weight is 353 g/mol. The van der Waals surface area contributed by atoms with Gasteiger partial charge in [-0.05, 0) is 47.6 Å². The standard InChI is InChI=1S/C14H17BrN4S/c1-8-6-9(2)17-13(16-8)20-11-7-10(15)18-12(19-11)14(3,4)5/h6-7H,1-5H3. The van der Waals surface area contributed by atoms with E-state index in [2.05, 4.69) is 56.6 Å². The molecule has 2 aromatic heterocycles. The van der Waals surface area contributed by atoms with Crippen LogP contribution < -0.4 is 0 Å². The Hall–Kier alpha value is -1.01. The zero-order chi connectivity index (χ0) is 14.9. The molecule has 0 atom stereocenters. The lowest BCUT2D eigenvalue weighted by Gasteiger charge is -2.17. The van der Waals surface area contributed by atoms with Gasteiger partial charge in [-0.2, -0.15) is 0 Å². The highest BCUT2D eigenvalue weighted by molar-refractivity contribution is 9.10. The predicted molar refractivity (Wildman–Crippen MR) is 84.1 cm³/mol. The Morgan fingerprint density at radius 1 is 0.950 bits per heavy atom. The molecule has 0 bridgehead atoms. The molecule has 2 rings (SSSR count). The van der Waals surface area contributed by atoms with Gasteiger partial charge in [0.25, 0.3) is 0 Å². The normalized spacial score (nSPS) is 11.7. The van der Waals surface area contributed by atoms with Crippen molar-refractivity contribution in [1.29, 1.82) is 0 Å². The molecular formula is C14H17BrN4S. The summed E-state index contributed by atoms with van der Waals surface area (Å²) in [7, 11) is 0. The summed E-state index contributed by atoms with van der Waals surface area (Å²) in [5.41, 5.74) is 1.83. The molecule has 4 nitrogen and oxygen atoms in total. The Balaban J connectivity index is 2.36. The van der Waals surface area contributed by atoms with E-state index in [1.807, 2.05) is 26.0 Å². The lowest BCUT2D eigenvalue weighted by Crippen LogP contribution is -2.16. The minimum absolute atomic E-state index is 0.0948. The van der Waals surface area contributed by atoms with E-state index in [-0.39, 0.29) is 5.41 Å². The van der Waals surface area contributed by atoms with Crippen LogP contribution in [0.1, 0.15) is 38.0 Å². The summed E-state index contributed by atoms with van der Waals surface area (Å²) < 4.78 is 0.782. The van der Waals surface area contributed by atoms with Crippen LogP contribution in [-0.2, 0) is 5.41 Å². The Morgan fingerprint density at radius 2 is 1.55 bits per heavy atom. The molecule has 0 saturated carbocycles. The molecule has 106 valence electrons. The van der Waals surface area contributed by atoms with Gasteiger partial charge in [0.05, 0.1) is 0 Å². The molecule has 0 aliphatic carbocycles. The molecule has 0 aliphatic heterocycles. The first kappa shape index (κ1) is 15.4. The zero-order valence-corrected chi connectivity index (χ0v) is 14.6. The maximum Gasteiger partial charge on any atom is 0.194 e. The van der Waals surface area contributed by atoms with Gasteiger partial charge in [-0.25, -0.2) is 19.9 Å². The van der Waals surface area contributed by atoms with Gasteiger partial charge in [-0.15, -0.1) is 0 Å². The average Bonchev–Trinajstić information content (AvgIpc) is 2.25. The molecule has 0 amide bonds. The molecular weight excluding hydrogens is 336 g/mol. The first-order chi connectivity index (χ1) is 9.24. The van der Waals surface area contributed by atoms with E-state index in [0.29, 0.717) is 5.16 Å². The maximum absolute atomic E-state index is 4.60. The molecule has 0 unspecified atom stereocenters. The third kappa shape index (κ3) is 3.99. The van der Waals surface area contributed by atoms with E-state index >= 15 is 0 Å². The van der Waals surface area contributed by atoms with Crippen molar-refractivity contribution in [3.05, 3.63) is 33.9 Å². The monoisotopic (exact) mass is 352 g/mol. The van der Waals surface area contributed by atoms with E-state index in [4.69, 9.17) is 0 Å².